The quantitative estimate of drug-likeness (QED) is 0.146. The molecule has 0 unspecified atom stereocenters. The molecule has 1 fully saturated rings. The smallest absolute Gasteiger partial charge is 0.328 e. The van der Waals surface area contributed by atoms with Crippen LogP contribution in [0.5, 0.6) is 34.5 Å². The van der Waals surface area contributed by atoms with Gasteiger partial charge in [0.2, 0.25) is 17.4 Å². The number of carbonyl (C=O) groups is 3. The Kier molecular flexibility index (Phi) is 15.4. The van der Waals surface area contributed by atoms with Crippen molar-refractivity contribution < 1.29 is 53.0 Å². The zero-order chi connectivity index (χ0) is 40.8. The van der Waals surface area contributed by atoms with Crippen LogP contribution >= 0.6 is 0 Å². The molecule has 1 aliphatic heterocycles. The number of carboxylic acids is 2. The van der Waals surface area contributed by atoms with E-state index in [0.29, 0.717) is 53.2 Å². The highest BCUT2D eigenvalue weighted by Gasteiger charge is 2.27. The van der Waals surface area contributed by atoms with E-state index in [9.17, 15) is 14.4 Å². The number of carboxylic acid groups (broad SMARTS) is 2. The average molecular weight is 773 g/mol. The van der Waals surface area contributed by atoms with Crippen LogP contribution < -0.4 is 28.4 Å². The molecular formula is C41H48N4O11. The Hall–Kier alpha value is -6.35. The van der Waals surface area contributed by atoms with Gasteiger partial charge in [-0.1, -0.05) is 0 Å². The van der Waals surface area contributed by atoms with Crippen molar-refractivity contribution in [2.24, 2.45) is 5.92 Å². The third-order valence-corrected chi connectivity index (χ3v) is 9.08. The lowest BCUT2D eigenvalue weighted by Gasteiger charge is -2.33. The number of carbonyl (C=O) groups excluding carboxylic acids is 1. The maximum Gasteiger partial charge on any atom is 0.328 e. The lowest BCUT2D eigenvalue weighted by atomic mass is 9.94. The molecule has 1 amide bonds. The largest absolute Gasteiger partial charge is 0.493 e. The number of likely N-dealkylation sites (tertiary alicyclic amines) is 1. The van der Waals surface area contributed by atoms with Crippen molar-refractivity contribution in [2.75, 3.05) is 62.8 Å². The van der Waals surface area contributed by atoms with Crippen molar-refractivity contribution in [2.45, 2.75) is 25.9 Å². The Bertz CT molecular complexity index is 1950. The van der Waals surface area contributed by atoms with Gasteiger partial charge in [0.25, 0.3) is 0 Å². The van der Waals surface area contributed by atoms with Crippen LogP contribution in [-0.2, 0) is 27.5 Å². The molecule has 15 heteroatoms. The van der Waals surface area contributed by atoms with Gasteiger partial charge in [-0.15, -0.1) is 0 Å². The van der Waals surface area contributed by atoms with Gasteiger partial charge in [-0.2, -0.15) is 0 Å². The molecule has 15 nitrogen and oxygen atoms in total. The van der Waals surface area contributed by atoms with Crippen LogP contribution in [0.25, 0.3) is 22.5 Å². The van der Waals surface area contributed by atoms with E-state index >= 15 is 0 Å². The van der Waals surface area contributed by atoms with Gasteiger partial charge in [-0.25, -0.2) is 9.59 Å². The summed E-state index contributed by atoms with van der Waals surface area (Å²) in [4.78, 5) is 46.0. The minimum atomic E-state index is -1.26. The summed E-state index contributed by atoms with van der Waals surface area (Å²) in [5, 5.41) is 15.6. The number of piperidine rings is 1. The topological polar surface area (TPSA) is 179 Å². The molecule has 2 aromatic heterocycles. The van der Waals surface area contributed by atoms with Gasteiger partial charge in [-0.05, 0) is 85.6 Å². The maximum absolute atomic E-state index is 13.5. The molecule has 56 heavy (non-hydrogen) atoms. The summed E-state index contributed by atoms with van der Waals surface area (Å²) in [6.45, 7) is 2.94. The molecule has 0 bridgehead atoms. The Morgan fingerprint density at radius 2 is 1.09 bits per heavy atom. The SMILES string of the molecule is COc1cc(-c2cc(CN3CCC(C(=O)N(C)Cc4ccnc(-c5cc(OC)c(OC)c(OC)c5)c4)CC3)ccn2)cc(OC)c1OC.O=C(O)C=CC(=O)O. The van der Waals surface area contributed by atoms with Crippen LogP contribution in [0.1, 0.15) is 24.0 Å². The lowest BCUT2D eigenvalue weighted by molar-refractivity contribution is -0.136. The number of amides is 1. The van der Waals surface area contributed by atoms with Crippen molar-refractivity contribution in [1.82, 2.24) is 19.8 Å². The molecule has 4 aromatic rings. The molecule has 0 spiro atoms. The standard InChI is InChI=1S/C37H44N4O7.C4H4O4/c1-40(22-24-8-12-38-29(16-24)27-18-31(43-2)35(47-6)32(19-27)44-3)37(42)26-10-14-41(15-11-26)23-25-9-13-39-30(17-25)28-20-33(45-4)36(48-7)34(21-28)46-5;5-3(6)1-2-4(7)8/h8-9,12-13,16-21,26H,10-11,14-15,22-23H2,1-7H3;1-2H,(H,5,6)(H,7,8). The highest BCUT2D eigenvalue weighted by atomic mass is 16.5. The zero-order valence-corrected chi connectivity index (χ0v) is 32.6. The van der Waals surface area contributed by atoms with Crippen LogP contribution in [0, 0.1) is 5.92 Å². The lowest BCUT2D eigenvalue weighted by Crippen LogP contribution is -2.40. The minimum absolute atomic E-state index is 0.0186. The van der Waals surface area contributed by atoms with Gasteiger partial charge in [-0.3, -0.25) is 19.7 Å². The number of hydrogen-bond donors (Lipinski definition) is 2. The molecule has 0 atom stereocenters. The normalized spacial score (nSPS) is 12.9. The maximum atomic E-state index is 13.5. The molecular weight excluding hydrogens is 724 g/mol. The highest BCUT2D eigenvalue weighted by molar-refractivity contribution is 5.89. The van der Waals surface area contributed by atoms with Crippen molar-refractivity contribution >= 4 is 17.8 Å². The summed E-state index contributed by atoms with van der Waals surface area (Å²) in [7, 11) is 11.4. The Morgan fingerprint density at radius 3 is 1.48 bits per heavy atom. The summed E-state index contributed by atoms with van der Waals surface area (Å²) in [6.07, 6.45) is 6.31. The van der Waals surface area contributed by atoms with Crippen molar-refractivity contribution in [3.8, 4) is 57.0 Å². The summed E-state index contributed by atoms with van der Waals surface area (Å²) in [5.41, 5.74) is 5.42. The number of aromatic nitrogens is 2. The number of hydrogen-bond acceptors (Lipinski definition) is 12. The molecule has 0 aliphatic carbocycles. The summed E-state index contributed by atoms with van der Waals surface area (Å²) >= 11 is 0. The average Bonchev–Trinajstić information content (AvgIpc) is 3.22. The molecule has 2 N–H and O–H groups in total. The van der Waals surface area contributed by atoms with E-state index in [0.717, 1.165) is 66.1 Å². The first-order valence-electron chi connectivity index (χ1n) is 17.6. The fourth-order valence-corrected chi connectivity index (χ4v) is 6.32. The van der Waals surface area contributed by atoms with Gasteiger partial charge >= 0.3 is 11.9 Å². The molecule has 298 valence electrons. The van der Waals surface area contributed by atoms with Crippen LogP contribution in [0.15, 0.2) is 73.1 Å². The Morgan fingerprint density at radius 1 is 0.679 bits per heavy atom. The van der Waals surface area contributed by atoms with E-state index in [4.69, 9.17) is 38.6 Å². The number of aliphatic carboxylic acids is 2. The third-order valence-electron chi connectivity index (χ3n) is 9.08. The van der Waals surface area contributed by atoms with Gasteiger partial charge < -0.3 is 43.5 Å². The fourth-order valence-electron chi connectivity index (χ4n) is 6.32. The van der Waals surface area contributed by atoms with Crippen LogP contribution in [-0.4, -0.2) is 111 Å². The van der Waals surface area contributed by atoms with Crippen molar-refractivity contribution in [3.63, 3.8) is 0 Å². The molecule has 2 aromatic carbocycles. The fraction of sp³-hybridized carbons (Fsp3) is 0.341. The van der Waals surface area contributed by atoms with E-state index in [1.54, 1.807) is 48.9 Å². The second-order valence-corrected chi connectivity index (χ2v) is 12.7. The van der Waals surface area contributed by atoms with Gasteiger partial charge in [0, 0.05) is 61.7 Å². The predicted molar refractivity (Wildman–Crippen MR) is 208 cm³/mol. The molecule has 0 radical (unpaired) electrons. The first kappa shape index (κ1) is 42.4. The Labute approximate surface area is 326 Å². The third kappa shape index (κ3) is 11.1. The first-order valence-corrected chi connectivity index (χ1v) is 17.6. The number of rotatable bonds is 15. The van der Waals surface area contributed by atoms with Gasteiger partial charge in [0.1, 0.15) is 0 Å². The van der Waals surface area contributed by atoms with Crippen LogP contribution in [0.4, 0.5) is 0 Å². The number of ether oxygens (including phenoxy) is 6. The number of nitrogens with zero attached hydrogens (tertiary/aromatic N) is 4. The molecule has 1 aliphatic rings. The highest BCUT2D eigenvalue weighted by Crippen LogP contribution is 2.42. The number of methoxy groups -OCH3 is 6. The predicted octanol–water partition coefficient (Wildman–Crippen LogP) is 5.44. The van der Waals surface area contributed by atoms with E-state index in [-0.39, 0.29) is 11.8 Å². The molecule has 0 saturated carbocycles. The number of benzene rings is 2. The first-order chi connectivity index (χ1) is 26.9. The van der Waals surface area contributed by atoms with Gasteiger partial charge in [0.05, 0.1) is 54.0 Å². The number of pyridine rings is 2. The van der Waals surface area contributed by atoms with Crippen LogP contribution in [0.3, 0.4) is 0 Å². The molecule has 1 saturated heterocycles. The summed E-state index contributed by atoms with van der Waals surface area (Å²) in [6, 6.07) is 15.6. The second-order valence-electron chi connectivity index (χ2n) is 12.7. The minimum Gasteiger partial charge on any atom is -0.493 e. The van der Waals surface area contributed by atoms with E-state index < -0.39 is 11.9 Å². The summed E-state index contributed by atoms with van der Waals surface area (Å²) in [5.74, 6) is 0.976. The van der Waals surface area contributed by atoms with Crippen molar-refractivity contribution in [1.29, 1.82) is 0 Å². The van der Waals surface area contributed by atoms with E-state index in [1.807, 2.05) is 60.6 Å². The van der Waals surface area contributed by atoms with Gasteiger partial charge in [0.15, 0.2) is 23.0 Å². The molecule has 5 rings (SSSR count). The zero-order valence-electron chi connectivity index (χ0n) is 32.6. The van der Waals surface area contributed by atoms with E-state index in [1.165, 1.54) is 0 Å². The van der Waals surface area contributed by atoms with E-state index in [2.05, 4.69) is 20.9 Å². The van der Waals surface area contributed by atoms with Crippen LogP contribution in [0.2, 0.25) is 0 Å². The second kappa shape index (κ2) is 20.4. The Balaban J connectivity index is 0.000000784. The monoisotopic (exact) mass is 772 g/mol. The molecule has 3 heterocycles. The van der Waals surface area contributed by atoms with Crippen molar-refractivity contribution in [3.05, 3.63) is 84.2 Å². The summed E-state index contributed by atoms with van der Waals surface area (Å²) < 4.78 is 33.0.